The molecule has 2 saturated heterocycles. The molecule has 2 aliphatic heterocycles. The number of carbonyl (C=O) groups excluding carboxylic acids is 2. The van der Waals surface area contributed by atoms with Crippen molar-refractivity contribution in [1.29, 1.82) is 0 Å². The molecule has 2 aliphatic rings. The van der Waals surface area contributed by atoms with E-state index in [1.165, 1.54) is 0 Å². The smallest absolute Gasteiger partial charge is 0.230 e. The molecule has 0 saturated carbocycles. The van der Waals surface area contributed by atoms with Crippen LogP contribution in [0.1, 0.15) is 30.4 Å². The van der Waals surface area contributed by atoms with Gasteiger partial charge in [0, 0.05) is 38.6 Å². The Bertz CT molecular complexity index is 778. The summed E-state index contributed by atoms with van der Waals surface area (Å²) >= 11 is 1.61. The van der Waals surface area contributed by atoms with Gasteiger partial charge in [0.2, 0.25) is 11.8 Å². The van der Waals surface area contributed by atoms with Crippen LogP contribution in [-0.4, -0.2) is 46.2 Å². The molecule has 1 unspecified atom stereocenters. The number of amides is 2. The van der Waals surface area contributed by atoms with Crippen molar-refractivity contribution in [2.75, 3.05) is 19.6 Å². The van der Waals surface area contributed by atoms with Gasteiger partial charge in [0.1, 0.15) is 0 Å². The van der Waals surface area contributed by atoms with E-state index in [4.69, 9.17) is 0 Å². The molecule has 0 N–H and O–H groups in total. The van der Waals surface area contributed by atoms with Crippen molar-refractivity contribution in [3.63, 3.8) is 0 Å². The Balaban J connectivity index is 1.43. The van der Waals surface area contributed by atoms with Crippen LogP contribution in [0.2, 0.25) is 0 Å². The van der Waals surface area contributed by atoms with E-state index in [2.05, 4.69) is 4.98 Å². The minimum Gasteiger partial charge on any atom is -0.341 e. The standard InChI is InChI=1S/C20H23N3O2S/c24-18(11-16-4-10-26-14-16)23-9-6-20(15-23)5-2-8-22(19(20)25)13-17-3-1-7-21-12-17/h1,3-4,7,10,12,14H,2,5-6,8-9,11,13,15H2. The van der Waals surface area contributed by atoms with Crippen LogP contribution in [0.3, 0.4) is 0 Å². The highest BCUT2D eigenvalue weighted by molar-refractivity contribution is 7.08. The molecular formula is C20H23N3O2S. The Kier molecular flexibility index (Phi) is 4.76. The van der Waals surface area contributed by atoms with E-state index in [1.807, 2.05) is 45.0 Å². The fraction of sp³-hybridized carbons (Fsp3) is 0.450. The Morgan fingerprint density at radius 2 is 2.15 bits per heavy atom. The number of likely N-dealkylation sites (tertiary alicyclic amines) is 2. The first-order valence-electron chi connectivity index (χ1n) is 9.13. The van der Waals surface area contributed by atoms with Gasteiger partial charge < -0.3 is 9.80 Å². The van der Waals surface area contributed by atoms with E-state index < -0.39 is 0 Å². The average Bonchev–Trinajstić information content (AvgIpc) is 3.31. The number of aromatic nitrogens is 1. The molecule has 4 rings (SSSR count). The molecule has 0 bridgehead atoms. The lowest BCUT2D eigenvalue weighted by molar-refractivity contribution is -0.146. The highest BCUT2D eigenvalue weighted by Crippen LogP contribution is 2.40. The first-order valence-corrected chi connectivity index (χ1v) is 10.1. The molecule has 0 radical (unpaired) electrons. The zero-order valence-corrected chi connectivity index (χ0v) is 15.6. The quantitative estimate of drug-likeness (QED) is 0.833. The third kappa shape index (κ3) is 3.38. The lowest BCUT2D eigenvalue weighted by Crippen LogP contribution is -2.50. The van der Waals surface area contributed by atoms with Crippen molar-refractivity contribution in [2.24, 2.45) is 5.41 Å². The lowest BCUT2D eigenvalue weighted by atomic mass is 9.78. The summed E-state index contributed by atoms with van der Waals surface area (Å²) in [6.45, 7) is 2.66. The summed E-state index contributed by atoms with van der Waals surface area (Å²) in [5.41, 5.74) is 1.74. The van der Waals surface area contributed by atoms with Crippen molar-refractivity contribution < 1.29 is 9.59 Å². The second-order valence-electron chi connectivity index (χ2n) is 7.35. The maximum absolute atomic E-state index is 13.2. The third-order valence-corrected chi connectivity index (χ3v) is 6.29. The molecule has 0 aromatic carbocycles. The van der Waals surface area contributed by atoms with E-state index in [0.29, 0.717) is 26.1 Å². The summed E-state index contributed by atoms with van der Waals surface area (Å²) in [6, 6.07) is 5.91. The van der Waals surface area contributed by atoms with Crippen LogP contribution in [0.4, 0.5) is 0 Å². The SMILES string of the molecule is O=C(Cc1ccsc1)N1CCC2(CCCN(Cc3cccnc3)C2=O)C1. The van der Waals surface area contributed by atoms with Crippen molar-refractivity contribution in [3.05, 3.63) is 52.5 Å². The molecule has 6 heteroatoms. The topological polar surface area (TPSA) is 53.5 Å². The van der Waals surface area contributed by atoms with Crippen molar-refractivity contribution in [3.8, 4) is 0 Å². The van der Waals surface area contributed by atoms with E-state index in [-0.39, 0.29) is 17.2 Å². The maximum atomic E-state index is 13.2. The van der Waals surface area contributed by atoms with Crippen molar-refractivity contribution in [2.45, 2.75) is 32.2 Å². The summed E-state index contributed by atoms with van der Waals surface area (Å²) in [6.07, 6.45) is 6.67. The van der Waals surface area contributed by atoms with Crippen LogP contribution in [0.15, 0.2) is 41.4 Å². The fourth-order valence-corrected chi connectivity index (χ4v) is 4.83. The zero-order valence-electron chi connectivity index (χ0n) is 14.8. The number of rotatable bonds is 4. The second-order valence-corrected chi connectivity index (χ2v) is 8.13. The lowest BCUT2D eigenvalue weighted by Gasteiger charge is -2.39. The van der Waals surface area contributed by atoms with E-state index in [9.17, 15) is 9.59 Å². The van der Waals surface area contributed by atoms with Crippen LogP contribution >= 0.6 is 11.3 Å². The predicted molar refractivity (Wildman–Crippen MR) is 101 cm³/mol. The molecule has 2 aromatic heterocycles. The van der Waals surface area contributed by atoms with Gasteiger partial charge in [-0.05, 0) is 53.3 Å². The first kappa shape index (κ1) is 17.2. The van der Waals surface area contributed by atoms with Crippen LogP contribution in [0, 0.1) is 5.41 Å². The molecule has 26 heavy (non-hydrogen) atoms. The molecule has 2 fully saturated rings. The molecule has 2 aromatic rings. The number of hydrogen-bond acceptors (Lipinski definition) is 4. The van der Waals surface area contributed by atoms with Gasteiger partial charge in [0.25, 0.3) is 0 Å². The monoisotopic (exact) mass is 369 g/mol. The molecule has 4 heterocycles. The molecule has 1 atom stereocenters. The highest BCUT2D eigenvalue weighted by atomic mass is 32.1. The van der Waals surface area contributed by atoms with Gasteiger partial charge in [-0.2, -0.15) is 11.3 Å². The summed E-state index contributed by atoms with van der Waals surface area (Å²) in [4.78, 5) is 33.8. The van der Waals surface area contributed by atoms with Gasteiger partial charge in [-0.1, -0.05) is 6.07 Å². The van der Waals surface area contributed by atoms with Gasteiger partial charge in [0.15, 0.2) is 0 Å². The number of carbonyl (C=O) groups is 2. The fourth-order valence-electron chi connectivity index (χ4n) is 4.16. The van der Waals surface area contributed by atoms with Crippen LogP contribution < -0.4 is 0 Å². The average molecular weight is 369 g/mol. The van der Waals surface area contributed by atoms with Crippen molar-refractivity contribution in [1.82, 2.24) is 14.8 Å². The van der Waals surface area contributed by atoms with Gasteiger partial charge in [0.05, 0.1) is 11.8 Å². The highest BCUT2D eigenvalue weighted by Gasteiger charge is 2.49. The first-order chi connectivity index (χ1) is 12.7. The molecule has 2 amide bonds. The Labute approximate surface area is 157 Å². The molecule has 136 valence electrons. The van der Waals surface area contributed by atoms with Crippen LogP contribution in [-0.2, 0) is 22.6 Å². The van der Waals surface area contributed by atoms with Gasteiger partial charge in [-0.15, -0.1) is 0 Å². The van der Waals surface area contributed by atoms with Gasteiger partial charge >= 0.3 is 0 Å². The zero-order chi connectivity index (χ0) is 18.0. The summed E-state index contributed by atoms with van der Waals surface area (Å²) in [7, 11) is 0. The third-order valence-electron chi connectivity index (χ3n) is 5.56. The number of thiophene rings is 1. The molecule has 0 aliphatic carbocycles. The van der Waals surface area contributed by atoms with Gasteiger partial charge in [-0.3, -0.25) is 14.6 Å². The largest absolute Gasteiger partial charge is 0.341 e. The predicted octanol–water partition coefficient (Wildman–Crippen LogP) is 2.73. The van der Waals surface area contributed by atoms with Gasteiger partial charge in [-0.25, -0.2) is 0 Å². The number of nitrogens with zero attached hydrogens (tertiary/aromatic N) is 3. The van der Waals surface area contributed by atoms with Crippen LogP contribution in [0.25, 0.3) is 0 Å². The Morgan fingerprint density at radius 1 is 1.23 bits per heavy atom. The van der Waals surface area contributed by atoms with E-state index in [1.54, 1.807) is 17.5 Å². The maximum Gasteiger partial charge on any atom is 0.230 e. The molecule has 1 spiro atoms. The van der Waals surface area contributed by atoms with Crippen molar-refractivity contribution >= 4 is 23.2 Å². The molecule has 5 nitrogen and oxygen atoms in total. The summed E-state index contributed by atoms with van der Waals surface area (Å²) in [5, 5.41) is 4.01. The number of hydrogen-bond donors (Lipinski definition) is 0. The summed E-state index contributed by atoms with van der Waals surface area (Å²) in [5.74, 6) is 0.343. The van der Waals surface area contributed by atoms with E-state index >= 15 is 0 Å². The summed E-state index contributed by atoms with van der Waals surface area (Å²) < 4.78 is 0. The minimum absolute atomic E-state index is 0.137. The number of piperidine rings is 1. The normalized spacial score (nSPS) is 23.0. The second kappa shape index (κ2) is 7.19. The van der Waals surface area contributed by atoms with E-state index in [0.717, 1.165) is 36.9 Å². The van der Waals surface area contributed by atoms with Crippen LogP contribution in [0.5, 0.6) is 0 Å². The number of pyridine rings is 1. The Morgan fingerprint density at radius 3 is 2.92 bits per heavy atom. The molecular weight excluding hydrogens is 346 g/mol. The Hall–Kier alpha value is -2.21. The minimum atomic E-state index is -0.384.